The Morgan fingerprint density at radius 2 is 2.14 bits per heavy atom. The van der Waals surface area contributed by atoms with E-state index in [1.807, 2.05) is 0 Å². The van der Waals surface area contributed by atoms with Crippen LogP contribution in [0.15, 0.2) is 12.1 Å². The van der Waals surface area contributed by atoms with Crippen molar-refractivity contribution in [1.82, 2.24) is 10.2 Å². The first-order chi connectivity index (χ1) is 9.99. The van der Waals surface area contributed by atoms with E-state index in [1.165, 1.54) is 0 Å². The molecule has 1 aromatic rings. The standard InChI is InChI=1S/C12H14ClFN4O3/c13-8-5-11(18(20)21)10(6-9(8)14)16-7-12(19)17-3-1-15-2-4-17/h5-6,15-16H,1-4,7H2. The molecule has 0 radical (unpaired) electrons. The molecule has 114 valence electrons. The van der Waals surface area contributed by atoms with Gasteiger partial charge < -0.3 is 15.5 Å². The average Bonchev–Trinajstić information content (AvgIpc) is 2.48. The van der Waals surface area contributed by atoms with Crippen molar-refractivity contribution >= 4 is 28.9 Å². The molecule has 1 amide bonds. The van der Waals surface area contributed by atoms with Gasteiger partial charge in [-0.15, -0.1) is 0 Å². The lowest BCUT2D eigenvalue weighted by atomic mass is 10.2. The number of rotatable bonds is 4. The first-order valence-corrected chi connectivity index (χ1v) is 6.72. The fraction of sp³-hybridized carbons (Fsp3) is 0.417. The summed E-state index contributed by atoms with van der Waals surface area (Å²) >= 11 is 5.52. The number of carbonyl (C=O) groups excluding carboxylic acids is 1. The number of hydrogen-bond acceptors (Lipinski definition) is 5. The second-order valence-electron chi connectivity index (χ2n) is 4.52. The number of halogens is 2. The number of carbonyl (C=O) groups is 1. The predicted octanol–water partition coefficient (Wildman–Crippen LogP) is 1.23. The Morgan fingerprint density at radius 1 is 1.48 bits per heavy atom. The summed E-state index contributed by atoms with van der Waals surface area (Å²) in [5.41, 5.74) is -0.431. The van der Waals surface area contributed by atoms with Crippen molar-refractivity contribution in [2.45, 2.75) is 0 Å². The van der Waals surface area contributed by atoms with Gasteiger partial charge >= 0.3 is 0 Å². The molecule has 1 aromatic carbocycles. The maximum absolute atomic E-state index is 13.4. The molecule has 9 heteroatoms. The second kappa shape index (κ2) is 6.68. The van der Waals surface area contributed by atoms with Crippen molar-refractivity contribution in [2.75, 3.05) is 38.0 Å². The van der Waals surface area contributed by atoms with E-state index < -0.39 is 10.7 Å². The van der Waals surface area contributed by atoms with Crippen molar-refractivity contribution in [1.29, 1.82) is 0 Å². The molecule has 0 saturated carbocycles. The molecule has 0 spiro atoms. The minimum absolute atomic E-state index is 0.0645. The molecule has 1 saturated heterocycles. The summed E-state index contributed by atoms with van der Waals surface area (Å²) in [7, 11) is 0. The molecule has 2 rings (SSSR count). The molecule has 1 aliphatic rings. The highest BCUT2D eigenvalue weighted by Gasteiger charge is 2.20. The molecule has 0 bridgehead atoms. The molecule has 0 aliphatic carbocycles. The Bertz CT molecular complexity index is 564. The van der Waals surface area contributed by atoms with Crippen LogP contribution in [-0.4, -0.2) is 48.5 Å². The van der Waals surface area contributed by atoms with Crippen LogP contribution in [0.1, 0.15) is 0 Å². The smallest absolute Gasteiger partial charge is 0.294 e. The largest absolute Gasteiger partial charge is 0.370 e. The molecule has 7 nitrogen and oxygen atoms in total. The molecule has 2 N–H and O–H groups in total. The Balaban J connectivity index is 2.06. The number of nitrogens with one attached hydrogen (secondary N) is 2. The highest BCUT2D eigenvalue weighted by Crippen LogP contribution is 2.30. The first kappa shape index (κ1) is 15.5. The minimum Gasteiger partial charge on any atom is -0.370 e. The van der Waals surface area contributed by atoms with Crippen molar-refractivity contribution in [2.24, 2.45) is 0 Å². The Hall–Kier alpha value is -1.93. The third-order valence-electron chi connectivity index (χ3n) is 3.14. The highest BCUT2D eigenvalue weighted by molar-refractivity contribution is 6.31. The monoisotopic (exact) mass is 316 g/mol. The number of hydrogen-bond donors (Lipinski definition) is 2. The molecule has 1 aliphatic heterocycles. The average molecular weight is 317 g/mol. The van der Waals surface area contributed by atoms with E-state index in [0.717, 1.165) is 12.1 Å². The Kier molecular flexibility index (Phi) is 4.92. The van der Waals surface area contributed by atoms with E-state index in [2.05, 4.69) is 10.6 Å². The van der Waals surface area contributed by atoms with Gasteiger partial charge in [-0.05, 0) is 0 Å². The fourth-order valence-corrected chi connectivity index (χ4v) is 2.18. The molecule has 21 heavy (non-hydrogen) atoms. The second-order valence-corrected chi connectivity index (χ2v) is 4.93. The molecule has 1 fully saturated rings. The zero-order valence-electron chi connectivity index (χ0n) is 11.1. The van der Waals surface area contributed by atoms with Gasteiger partial charge in [-0.2, -0.15) is 0 Å². The summed E-state index contributed by atoms with van der Waals surface area (Å²) in [5, 5.41) is 16.3. The van der Waals surface area contributed by atoms with Gasteiger partial charge in [-0.1, -0.05) is 11.6 Å². The van der Waals surface area contributed by atoms with Crippen LogP contribution >= 0.6 is 11.6 Å². The van der Waals surface area contributed by atoms with Crippen molar-refractivity contribution < 1.29 is 14.1 Å². The van der Waals surface area contributed by atoms with Crippen LogP contribution in [0.4, 0.5) is 15.8 Å². The summed E-state index contributed by atoms with van der Waals surface area (Å²) in [4.78, 5) is 23.8. The summed E-state index contributed by atoms with van der Waals surface area (Å²) in [5.74, 6) is -0.972. The van der Waals surface area contributed by atoms with Gasteiger partial charge in [-0.3, -0.25) is 14.9 Å². The zero-order valence-corrected chi connectivity index (χ0v) is 11.8. The Labute approximate surface area is 125 Å². The maximum Gasteiger partial charge on any atom is 0.294 e. The lowest BCUT2D eigenvalue weighted by molar-refractivity contribution is -0.384. The van der Waals surface area contributed by atoms with E-state index in [1.54, 1.807) is 4.90 Å². The summed E-state index contributed by atoms with van der Waals surface area (Å²) < 4.78 is 13.4. The number of nitrogens with zero attached hydrogens (tertiary/aromatic N) is 2. The lowest BCUT2D eigenvalue weighted by Crippen LogP contribution is -2.48. The molecule has 0 atom stereocenters. The van der Waals surface area contributed by atoms with Crippen LogP contribution in [-0.2, 0) is 4.79 Å². The molecular formula is C12H14ClFN4O3. The van der Waals surface area contributed by atoms with E-state index in [0.29, 0.717) is 26.2 Å². The van der Waals surface area contributed by atoms with Crippen LogP contribution < -0.4 is 10.6 Å². The highest BCUT2D eigenvalue weighted by atomic mass is 35.5. The Morgan fingerprint density at radius 3 is 2.76 bits per heavy atom. The van der Waals surface area contributed by atoms with Gasteiger partial charge in [0, 0.05) is 38.3 Å². The quantitative estimate of drug-likeness (QED) is 0.644. The van der Waals surface area contributed by atoms with Crippen molar-refractivity contribution in [3.05, 3.63) is 33.1 Å². The van der Waals surface area contributed by atoms with Gasteiger partial charge in [0.1, 0.15) is 11.5 Å². The summed E-state index contributed by atoms with van der Waals surface area (Å²) in [6, 6.07) is 1.85. The van der Waals surface area contributed by atoms with Gasteiger partial charge in [0.2, 0.25) is 5.91 Å². The van der Waals surface area contributed by atoms with E-state index in [-0.39, 0.29) is 28.8 Å². The molecule has 0 aromatic heterocycles. The molecule has 0 unspecified atom stereocenters. The number of nitro benzene ring substituents is 1. The lowest BCUT2D eigenvalue weighted by Gasteiger charge is -2.27. The third kappa shape index (κ3) is 3.79. The number of amides is 1. The van der Waals surface area contributed by atoms with Gasteiger partial charge in [-0.25, -0.2) is 4.39 Å². The molecular weight excluding hydrogens is 303 g/mol. The summed E-state index contributed by atoms with van der Waals surface area (Å²) in [6.07, 6.45) is 0. The topological polar surface area (TPSA) is 87.5 Å². The molecule has 1 heterocycles. The van der Waals surface area contributed by atoms with Crippen LogP contribution in [0.3, 0.4) is 0 Å². The van der Waals surface area contributed by atoms with Crippen LogP contribution in [0.25, 0.3) is 0 Å². The number of nitro groups is 1. The minimum atomic E-state index is -0.778. The maximum atomic E-state index is 13.4. The van der Waals surface area contributed by atoms with Crippen molar-refractivity contribution in [3.8, 4) is 0 Å². The number of anilines is 1. The van der Waals surface area contributed by atoms with Gasteiger partial charge in [0.15, 0.2) is 0 Å². The first-order valence-electron chi connectivity index (χ1n) is 6.35. The SMILES string of the molecule is O=C(CNc1cc(F)c(Cl)cc1[N+](=O)[O-])N1CCNCC1. The van der Waals surface area contributed by atoms with Gasteiger partial charge in [0.05, 0.1) is 16.5 Å². The zero-order chi connectivity index (χ0) is 15.4. The number of benzene rings is 1. The predicted molar refractivity (Wildman–Crippen MR) is 76.0 cm³/mol. The number of piperazine rings is 1. The van der Waals surface area contributed by atoms with Crippen LogP contribution in [0.2, 0.25) is 5.02 Å². The fourth-order valence-electron chi connectivity index (χ4n) is 2.03. The van der Waals surface area contributed by atoms with Gasteiger partial charge in [0.25, 0.3) is 5.69 Å². The van der Waals surface area contributed by atoms with Crippen molar-refractivity contribution in [3.63, 3.8) is 0 Å². The van der Waals surface area contributed by atoms with E-state index in [4.69, 9.17) is 11.6 Å². The van der Waals surface area contributed by atoms with E-state index in [9.17, 15) is 19.3 Å². The van der Waals surface area contributed by atoms with Crippen LogP contribution in [0.5, 0.6) is 0 Å². The summed E-state index contributed by atoms with van der Waals surface area (Å²) in [6.45, 7) is 2.44. The normalized spacial score (nSPS) is 14.9. The van der Waals surface area contributed by atoms with E-state index >= 15 is 0 Å². The third-order valence-corrected chi connectivity index (χ3v) is 3.42. The van der Waals surface area contributed by atoms with Crippen LogP contribution in [0, 0.1) is 15.9 Å².